The van der Waals surface area contributed by atoms with Crippen molar-refractivity contribution >= 4 is 0 Å². The Bertz CT molecular complexity index is 547. The maximum absolute atomic E-state index is 10.1. The molecule has 0 amide bonds. The van der Waals surface area contributed by atoms with Crippen LogP contribution in [0.2, 0.25) is 0 Å². The van der Waals surface area contributed by atoms with E-state index in [9.17, 15) is 5.11 Å². The van der Waals surface area contributed by atoms with Crippen LogP contribution in [-0.4, -0.2) is 5.11 Å². The minimum Gasteiger partial charge on any atom is -0.388 e. The molecule has 18 heavy (non-hydrogen) atoms. The van der Waals surface area contributed by atoms with Gasteiger partial charge in [0.05, 0.1) is 6.10 Å². The van der Waals surface area contributed by atoms with Crippen LogP contribution in [0, 0.1) is 0 Å². The molecule has 0 bridgehead atoms. The van der Waals surface area contributed by atoms with Gasteiger partial charge in [0.2, 0.25) is 0 Å². The molecule has 0 fully saturated rings. The molecular formula is C17H18O. The third-order valence-electron chi connectivity index (χ3n) is 4.24. The Hall–Kier alpha value is -1.60. The Morgan fingerprint density at radius 3 is 2.44 bits per heavy atom. The van der Waals surface area contributed by atoms with Crippen LogP contribution >= 0.6 is 0 Å². The van der Waals surface area contributed by atoms with Gasteiger partial charge in [-0.1, -0.05) is 61.5 Å². The lowest BCUT2D eigenvalue weighted by molar-refractivity contribution is 0.143. The van der Waals surface area contributed by atoms with Gasteiger partial charge in [0.15, 0.2) is 0 Å². The second kappa shape index (κ2) is 4.25. The lowest BCUT2D eigenvalue weighted by atomic mass is 9.66. The van der Waals surface area contributed by atoms with E-state index in [2.05, 4.69) is 55.5 Å². The molecule has 1 aliphatic carbocycles. The summed E-state index contributed by atoms with van der Waals surface area (Å²) in [6.07, 6.45) is 1.52. The average molecular weight is 238 g/mol. The molecule has 2 aromatic rings. The summed E-state index contributed by atoms with van der Waals surface area (Å²) in [6, 6.07) is 18.9. The smallest absolute Gasteiger partial charge is 0.0793 e. The summed E-state index contributed by atoms with van der Waals surface area (Å²) in [5.41, 5.74) is 3.73. The average Bonchev–Trinajstić information content (AvgIpc) is 2.44. The molecule has 2 atom stereocenters. The molecule has 0 heterocycles. The summed E-state index contributed by atoms with van der Waals surface area (Å²) in [5, 5.41) is 10.1. The third-order valence-corrected chi connectivity index (χ3v) is 4.24. The molecule has 1 nitrogen and oxygen atoms in total. The summed E-state index contributed by atoms with van der Waals surface area (Å²) in [7, 11) is 0. The first-order valence-electron chi connectivity index (χ1n) is 6.55. The molecule has 0 aliphatic heterocycles. The quantitative estimate of drug-likeness (QED) is 0.800. The molecule has 0 spiro atoms. The molecule has 3 rings (SSSR count). The maximum atomic E-state index is 10.1. The second-order valence-corrected chi connectivity index (χ2v) is 5.34. The fourth-order valence-corrected chi connectivity index (χ4v) is 3.11. The van der Waals surface area contributed by atoms with Gasteiger partial charge in [-0.15, -0.1) is 0 Å². The van der Waals surface area contributed by atoms with Crippen molar-refractivity contribution in [2.75, 3.05) is 0 Å². The van der Waals surface area contributed by atoms with Crippen molar-refractivity contribution in [3.8, 4) is 0 Å². The second-order valence-electron chi connectivity index (χ2n) is 5.34. The number of aliphatic hydroxyl groups is 1. The number of benzene rings is 2. The fourth-order valence-electron chi connectivity index (χ4n) is 3.11. The van der Waals surface area contributed by atoms with Gasteiger partial charge in [-0.3, -0.25) is 0 Å². The first-order chi connectivity index (χ1) is 8.72. The summed E-state index contributed by atoms with van der Waals surface area (Å²) in [4.78, 5) is 0. The van der Waals surface area contributed by atoms with Crippen molar-refractivity contribution in [3.05, 3.63) is 71.3 Å². The van der Waals surface area contributed by atoms with Gasteiger partial charge in [-0.25, -0.2) is 0 Å². The normalized spacial score (nSPS) is 26.7. The van der Waals surface area contributed by atoms with E-state index in [4.69, 9.17) is 0 Å². The summed E-state index contributed by atoms with van der Waals surface area (Å²) >= 11 is 0. The largest absolute Gasteiger partial charge is 0.388 e. The molecule has 1 aliphatic rings. The molecule has 0 saturated carbocycles. The van der Waals surface area contributed by atoms with Crippen molar-refractivity contribution < 1.29 is 5.11 Å². The van der Waals surface area contributed by atoms with E-state index in [1.165, 1.54) is 11.1 Å². The van der Waals surface area contributed by atoms with Crippen LogP contribution in [0.5, 0.6) is 0 Å². The number of hydrogen-bond acceptors (Lipinski definition) is 1. The van der Waals surface area contributed by atoms with E-state index >= 15 is 0 Å². The fraction of sp³-hybridized carbons (Fsp3) is 0.294. The SMILES string of the molecule is C[C@]1(c2ccccc2)CC[C@H](O)c2ccccc21. The van der Waals surface area contributed by atoms with Crippen LogP contribution < -0.4 is 0 Å². The van der Waals surface area contributed by atoms with E-state index in [-0.39, 0.29) is 11.5 Å². The predicted molar refractivity (Wildman–Crippen MR) is 73.5 cm³/mol. The van der Waals surface area contributed by atoms with Gasteiger partial charge in [-0.05, 0) is 29.5 Å². The van der Waals surface area contributed by atoms with Crippen molar-refractivity contribution in [1.82, 2.24) is 0 Å². The molecule has 2 aromatic carbocycles. The van der Waals surface area contributed by atoms with E-state index < -0.39 is 0 Å². The number of hydrogen-bond donors (Lipinski definition) is 1. The minimum absolute atomic E-state index is 0.0249. The van der Waals surface area contributed by atoms with Crippen molar-refractivity contribution in [2.45, 2.75) is 31.3 Å². The van der Waals surface area contributed by atoms with E-state index in [0.29, 0.717) is 0 Å². The topological polar surface area (TPSA) is 20.2 Å². The monoisotopic (exact) mass is 238 g/mol. The Morgan fingerprint density at radius 1 is 1.00 bits per heavy atom. The van der Waals surface area contributed by atoms with Crippen LogP contribution in [0.4, 0.5) is 0 Å². The first kappa shape index (κ1) is 11.5. The molecule has 92 valence electrons. The highest BCUT2D eigenvalue weighted by molar-refractivity contribution is 5.45. The van der Waals surface area contributed by atoms with E-state index in [0.717, 1.165) is 18.4 Å². The standard InChI is InChI=1S/C17H18O/c1-17(13-7-3-2-4-8-13)12-11-16(18)14-9-5-6-10-15(14)17/h2-10,16,18H,11-12H2,1H3/t16-,17+/m0/s1. The summed E-state index contributed by atoms with van der Waals surface area (Å²) in [5.74, 6) is 0. The first-order valence-corrected chi connectivity index (χ1v) is 6.55. The van der Waals surface area contributed by atoms with Crippen LogP contribution in [0.3, 0.4) is 0 Å². The number of aliphatic hydroxyl groups excluding tert-OH is 1. The Morgan fingerprint density at radius 2 is 1.67 bits per heavy atom. The molecular weight excluding hydrogens is 220 g/mol. The number of rotatable bonds is 1. The molecule has 1 heteroatoms. The molecule has 0 aromatic heterocycles. The molecule has 0 unspecified atom stereocenters. The maximum Gasteiger partial charge on any atom is 0.0793 e. The summed E-state index contributed by atoms with van der Waals surface area (Å²) in [6.45, 7) is 2.28. The van der Waals surface area contributed by atoms with E-state index in [1.807, 2.05) is 6.07 Å². The molecule has 0 radical (unpaired) electrons. The molecule has 1 N–H and O–H groups in total. The molecule has 0 saturated heterocycles. The minimum atomic E-state index is -0.307. The van der Waals surface area contributed by atoms with Gasteiger partial charge in [-0.2, -0.15) is 0 Å². The zero-order valence-corrected chi connectivity index (χ0v) is 10.6. The van der Waals surface area contributed by atoms with Gasteiger partial charge in [0.1, 0.15) is 0 Å². The van der Waals surface area contributed by atoms with E-state index in [1.54, 1.807) is 0 Å². The Balaban J connectivity index is 2.17. The highest BCUT2D eigenvalue weighted by Crippen LogP contribution is 2.45. The summed E-state index contributed by atoms with van der Waals surface area (Å²) < 4.78 is 0. The van der Waals surface area contributed by atoms with Gasteiger partial charge >= 0.3 is 0 Å². The van der Waals surface area contributed by atoms with Crippen LogP contribution in [0.25, 0.3) is 0 Å². The zero-order chi connectivity index (χ0) is 12.6. The lowest BCUT2D eigenvalue weighted by Gasteiger charge is -2.38. The van der Waals surface area contributed by atoms with Gasteiger partial charge in [0, 0.05) is 5.41 Å². The number of fused-ring (bicyclic) bond motifs is 1. The Kier molecular flexibility index (Phi) is 2.71. The van der Waals surface area contributed by atoms with Gasteiger partial charge < -0.3 is 5.11 Å². The Labute approximate surface area is 108 Å². The van der Waals surface area contributed by atoms with Gasteiger partial charge in [0.25, 0.3) is 0 Å². The van der Waals surface area contributed by atoms with Crippen molar-refractivity contribution in [3.63, 3.8) is 0 Å². The van der Waals surface area contributed by atoms with Crippen molar-refractivity contribution in [1.29, 1.82) is 0 Å². The van der Waals surface area contributed by atoms with Crippen LogP contribution in [-0.2, 0) is 5.41 Å². The predicted octanol–water partition coefficient (Wildman–Crippen LogP) is 3.82. The van der Waals surface area contributed by atoms with Crippen LogP contribution in [0.15, 0.2) is 54.6 Å². The van der Waals surface area contributed by atoms with Crippen molar-refractivity contribution in [2.24, 2.45) is 0 Å². The third kappa shape index (κ3) is 1.67. The lowest BCUT2D eigenvalue weighted by Crippen LogP contribution is -2.30. The highest BCUT2D eigenvalue weighted by atomic mass is 16.3. The zero-order valence-electron chi connectivity index (χ0n) is 10.6. The highest BCUT2D eigenvalue weighted by Gasteiger charge is 2.36. The van der Waals surface area contributed by atoms with Crippen LogP contribution in [0.1, 0.15) is 42.6 Å².